The average molecular weight is 327 g/mol. The molecule has 3 heteroatoms. The first kappa shape index (κ1) is 14.7. The molecular weight excluding hydrogens is 307 g/mol. The third-order valence-electron chi connectivity index (χ3n) is 4.19. The minimum absolute atomic E-state index is 0.175. The minimum Gasteiger partial charge on any atom is -0.299 e. The zero-order valence-corrected chi connectivity index (χ0v) is 12.9. The van der Waals surface area contributed by atoms with E-state index in [4.69, 9.17) is 0 Å². The fraction of sp³-hybridized carbons (Fsp3) is 0.562. The second kappa shape index (κ2) is 6.65. The van der Waals surface area contributed by atoms with Gasteiger partial charge in [-0.25, -0.2) is 4.39 Å². The van der Waals surface area contributed by atoms with E-state index in [2.05, 4.69) is 22.9 Å². The molecule has 19 heavy (non-hydrogen) atoms. The van der Waals surface area contributed by atoms with Crippen molar-refractivity contribution >= 4 is 21.7 Å². The molecule has 0 amide bonds. The standard InChI is InChI=1S/C16H20BrFO/c1-2-11-4-3-5-12(8-11)16(19)10-13-9-14(18)6-7-15(13)17/h6-7,9,11-12H,2-5,8,10H2,1H3. The van der Waals surface area contributed by atoms with Crippen molar-refractivity contribution < 1.29 is 9.18 Å². The van der Waals surface area contributed by atoms with E-state index in [1.807, 2.05) is 0 Å². The highest BCUT2D eigenvalue weighted by atomic mass is 79.9. The number of hydrogen-bond acceptors (Lipinski definition) is 1. The van der Waals surface area contributed by atoms with Gasteiger partial charge in [-0.3, -0.25) is 4.79 Å². The Bertz CT molecular complexity index is 458. The maximum Gasteiger partial charge on any atom is 0.140 e. The topological polar surface area (TPSA) is 17.1 Å². The number of ketones is 1. The van der Waals surface area contributed by atoms with Gasteiger partial charge < -0.3 is 0 Å². The Labute approximate surface area is 122 Å². The van der Waals surface area contributed by atoms with Gasteiger partial charge in [-0.1, -0.05) is 42.1 Å². The van der Waals surface area contributed by atoms with E-state index in [-0.39, 0.29) is 17.5 Å². The first-order valence-electron chi connectivity index (χ1n) is 7.06. The summed E-state index contributed by atoms with van der Waals surface area (Å²) in [5, 5.41) is 0. The van der Waals surface area contributed by atoms with E-state index in [9.17, 15) is 9.18 Å². The summed E-state index contributed by atoms with van der Waals surface area (Å²) >= 11 is 3.39. The summed E-state index contributed by atoms with van der Waals surface area (Å²) in [5.74, 6) is 0.859. The molecule has 2 unspecified atom stereocenters. The lowest BCUT2D eigenvalue weighted by atomic mass is 9.77. The molecule has 1 aromatic carbocycles. The van der Waals surface area contributed by atoms with Gasteiger partial charge in [0, 0.05) is 16.8 Å². The maximum atomic E-state index is 13.2. The molecule has 0 aliphatic heterocycles. The molecule has 1 fully saturated rings. The van der Waals surface area contributed by atoms with Crippen LogP contribution in [0.4, 0.5) is 4.39 Å². The SMILES string of the molecule is CCC1CCCC(C(=O)Cc2cc(F)ccc2Br)C1. The average Bonchev–Trinajstić information content (AvgIpc) is 2.43. The quantitative estimate of drug-likeness (QED) is 0.767. The third-order valence-corrected chi connectivity index (χ3v) is 4.96. The summed E-state index contributed by atoms with van der Waals surface area (Å²) in [7, 11) is 0. The Morgan fingerprint density at radius 2 is 2.21 bits per heavy atom. The van der Waals surface area contributed by atoms with Crippen LogP contribution in [0, 0.1) is 17.7 Å². The minimum atomic E-state index is -0.277. The Morgan fingerprint density at radius 3 is 2.95 bits per heavy atom. The molecule has 0 spiro atoms. The van der Waals surface area contributed by atoms with Gasteiger partial charge in [0.15, 0.2) is 0 Å². The van der Waals surface area contributed by atoms with Crippen molar-refractivity contribution in [2.75, 3.05) is 0 Å². The second-order valence-electron chi connectivity index (χ2n) is 5.52. The highest BCUT2D eigenvalue weighted by Crippen LogP contribution is 2.32. The van der Waals surface area contributed by atoms with Gasteiger partial charge in [-0.05, 0) is 42.5 Å². The summed E-state index contributed by atoms with van der Waals surface area (Å²) in [6.45, 7) is 2.20. The molecular formula is C16H20BrFO. The van der Waals surface area contributed by atoms with E-state index in [1.165, 1.54) is 18.6 Å². The zero-order chi connectivity index (χ0) is 13.8. The van der Waals surface area contributed by atoms with Crippen LogP contribution in [-0.2, 0) is 11.2 Å². The normalized spacial score (nSPS) is 23.3. The molecule has 1 saturated carbocycles. The number of halogens is 2. The molecule has 1 aliphatic carbocycles. The predicted octanol–water partition coefficient (Wildman–Crippen LogP) is 4.92. The van der Waals surface area contributed by atoms with Crippen LogP contribution < -0.4 is 0 Å². The van der Waals surface area contributed by atoms with Crippen LogP contribution in [0.1, 0.15) is 44.6 Å². The lowest BCUT2D eigenvalue weighted by Crippen LogP contribution is -2.24. The van der Waals surface area contributed by atoms with E-state index in [0.717, 1.165) is 35.7 Å². The number of carbonyl (C=O) groups is 1. The van der Waals surface area contributed by atoms with Gasteiger partial charge in [-0.2, -0.15) is 0 Å². The van der Waals surface area contributed by atoms with Crippen molar-refractivity contribution in [3.63, 3.8) is 0 Å². The molecule has 0 radical (unpaired) electrons. The third kappa shape index (κ3) is 3.88. The van der Waals surface area contributed by atoms with E-state index >= 15 is 0 Å². The highest BCUT2D eigenvalue weighted by Gasteiger charge is 2.26. The van der Waals surface area contributed by atoms with Crippen LogP contribution >= 0.6 is 15.9 Å². The van der Waals surface area contributed by atoms with E-state index in [1.54, 1.807) is 6.07 Å². The lowest BCUT2D eigenvalue weighted by molar-refractivity contribution is -0.123. The maximum absolute atomic E-state index is 13.2. The van der Waals surface area contributed by atoms with Crippen LogP contribution in [0.25, 0.3) is 0 Å². The van der Waals surface area contributed by atoms with Gasteiger partial charge in [0.1, 0.15) is 11.6 Å². The molecule has 1 aliphatic rings. The first-order chi connectivity index (χ1) is 9.10. The zero-order valence-electron chi connectivity index (χ0n) is 11.3. The number of Topliss-reactive ketones (excluding diaryl/α,β-unsaturated/α-hetero) is 1. The van der Waals surface area contributed by atoms with Gasteiger partial charge in [0.2, 0.25) is 0 Å². The molecule has 0 N–H and O–H groups in total. The fourth-order valence-corrected chi connectivity index (χ4v) is 3.35. The van der Waals surface area contributed by atoms with Gasteiger partial charge in [0.25, 0.3) is 0 Å². The Kier molecular flexibility index (Phi) is 5.14. The van der Waals surface area contributed by atoms with Gasteiger partial charge in [-0.15, -0.1) is 0 Å². The summed E-state index contributed by atoms with van der Waals surface area (Å²) in [4.78, 5) is 12.3. The summed E-state index contributed by atoms with van der Waals surface area (Å²) in [6, 6.07) is 4.54. The van der Waals surface area contributed by atoms with E-state index < -0.39 is 0 Å². The van der Waals surface area contributed by atoms with Crippen molar-refractivity contribution in [2.45, 2.75) is 45.4 Å². The highest BCUT2D eigenvalue weighted by molar-refractivity contribution is 9.10. The lowest BCUT2D eigenvalue weighted by Gasteiger charge is -2.27. The van der Waals surface area contributed by atoms with Crippen LogP contribution in [0.5, 0.6) is 0 Å². The Balaban J connectivity index is 2.02. The van der Waals surface area contributed by atoms with E-state index in [0.29, 0.717) is 12.3 Å². The van der Waals surface area contributed by atoms with Crippen molar-refractivity contribution in [3.05, 3.63) is 34.1 Å². The molecule has 0 bridgehead atoms. The second-order valence-corrected chi connectivity index (χ2v) is 6.37. The van der Waals surface area contributed by atoms with Crippen molar-refractivity contribution in [3.8, 4) is 0 Å². The van der Waals surface area contributed by atoms with Gasteiger partial charge >= 0.3 is 0 Å². The summed E-state index contributed by atoms with van der Waals surface area (Å²) < 4.78 is 14.0. The smallest absolute Gasteiger partial charge is 0.140 e. The Hall–Kier alpha value is -0.700. The predicted molar refractivity (Wildman–Crippen MR) is 78.6 cm³/mol. The largest absolute Gasteiger partial charge is 0.299 e. The number of hydrogen-bond donors (Lipinski definition) is 0. The van der Waals surface area contributed by atoms with Crippen molar-refractivity contribution in [1.82, 2.24) is 0 Å². The van der Waals surface area contributed by atoms with Crippen molar-refractivity contribution in [1.29, 1.82) is 0 Å². The van der Waals surface area contributed by atoms with Crippen LogP contribution in [0.15, 0.2) is 22.7 Å². The van der Waals surface area contributed by atoms with Gasteiger partial charge in [0.05, 0.1) is 0 Å². The molecule has 0 aromatic heterocycles. The monoisotopic (exact) mass is 326 g/mol. The molecule has 0 heterocycles. The molecule has 0 saturated heterocycles. The van der Waals surface area contributed by atoms with Crippen LogP contribution in [-0.4, -0.2) is 5.78 Å². The van der Waals surface area contributed by atoms with Crippen LogP contribution in [0.3, 0.4) is 0 Å². The summed E-state index contributed by atoms with van der Waals surface area (Å²) in [6.07, 6.45) is 5.93. The molecule has 2 atom stereocenters. The number of rotatable bonds is 4. The van der Waals surface area contributed by atoms with Crippen LogP contribution in [0.2, 0.25) is 0 Å². The Morgan fingerprint density at radius 1 is 1.42 bits per heavy atom. The molecule has 2 rings (SSSR count). The first-order valence-corrected chi connectivity index (χ1v) is 7.86. The number of benzene rings is 1. The molecule has 1 nitrogen and oxygen atoms in total. The van der Waals surface area contributed by atoms with Crippen molar-refractivity contribution in [2.24, 2.45) is 11.8 Å². The molecule has 1 aromatic rings. The fourth-order valence-electron chi connectivity index (χ4n) is 2.97. The summed E-state index contributed by atoms with van der Waals surface area (Å²) in [5.41, 5.74) is 0.767. The number of carbonyl (C=O) groups excluding carboxylic acids is 1. The molecule has 104 valence electrons.